The van der Waals surface area contributed by atoms with Crippen molar-refractivity contribution >= 4 is 11.3 Å². The van der Waals surface area contributed by atoms with E-state index in [4.69, 9.17) is 11.0 Å². The molecule has 0 amide bonds. The molecule has 0 aliphatic rings. The van der Waals surface area contributed by atoms with Gasteiger partial charge in [-0.3, -0.25) is 0 Å². The fraction of sp³-hybridized carbons (Fsp3) is 0.200. The van der Waals surface area contributed by atoms with Crippen molar-refractivity contribution in [2.75, 3.05) is 0 Å². The fourth-order valence-electron chi connectivity index (χ4n) is 0.454. The minimum atomic E-state index is 0.472. The van der Waals surface area contributed by atoms with Crippen LogP contribution in [-0.4, -0.2) is 4.98 Å². The topological polar surface area (TPSA) is 62.7 Å². The second-order valence-corrected chi connectivity index (χ2v) is 2.56. The summed E-state index contributed by atoms with van der Waals surface area (Å²) in [6, 6.07) is 1.93. The summed E-state index contributed by atoms with van der Waals surface area (Å²) in [5.74, 6) is 0. The number of aromatic nitrogens is 1. The van der Waals surface area contributed by atoms with Crippen LogP contribution in [-0.2, 0) is 6.54 Å². The van der Waals surface area contributed by atoms with E-state index < -0.39 is 0 Å². The van der Waals surface area contributed by atoms with Crippen LogP contribution in [0.1, 0.15) is 9.88 Å². The molecule has 0 bridgehead atoms. The molecule has 1 rings (SSSR count). The van der Waals surface area contributed by atoms with Crippen molar-refractivity contribution in [2.45, 2.75) is 6.54 Å². The second-order valence-electron chi connectivity index (χ2n) is 1.45. The van der Waals surface area contributed by atoms with Gasteiger partial charge in [0.25, 0.3) is 0 Å². The number of hydrogen-bond acceptors (Lipinski definition) is 4. The number of rotatable bonds is 1. The van der Waals surface area contributed by atoms with Gasteiger partial charge in [-0.1, -0.05) is 0 Å². The Balaban J connectivity index is 2.90. The molecule has 0 unspecified atom stereocenters. The van der Waals surface area contributed by atoms with E-state index in [1.54, 1.807) is 6.20 Å². The maximum Gasteiger partial charge on any atom is 0.194 e. The third kappa shape index (κ3) is 1.25. The van der Waals surface area contributed by atoms with Crippen LogP contribution < -0.4 is 5.73 Å². The lowest BCUT2D eigenvalue weighted by molar-refractivity contribution is 1.09. The van der Waals surface area contributed by atoms with Crippen molar-refractivity contribution in [1.82, 2.24) is 4.98 Å². The minimum absolute atomic E-state index is 0.472. The third-order valence-electron chi connectivity index (χ3n) is 0.850. The molecule has 2 N–H and O–H groups in total. The van der Waals surface area contributed by atoms with Gasteiger partial charge in [0.2, 0.25) is 0 Å². The van der Waals surface area contributed by atoms with Gasteiger partial charge in [0.05, 0.1) is 0 Å². The van der Waals surface area contributed by atoms with Crippen molar-refractivity contribution in [2.24, 2.45) is 5.73 Å². The lowest BCUT2D eigenvalue weighted by Crippen LogP contribution is -1.91. The summed E-state index contributed by atoms with van der Waals surface area (Å²) in [6.07, 6.45) is 1.63. The summed E-state index contributed by atoms with van der Waals surface area (Å²) >= 11 is 1.34. The fourth-order valence-corrected chi connectivity index (χ4v) is 1.04. The van der Waals surface area contributed by atoms with Crippen molar-refractivity contribution in [3.8, 4) is 6.07 Å². The molecule has 0 saturated carbocycles. The molecular formula is C5H5N3S. The molecule has 9 heavy (non-hydrogen) atoms. The molecule has 1 aromatic heterocycles. The Morgan fingerprint density at radius 2 is 2.67 bits per heavy atom. The number of nitrogens with zero attached hydrogens (tertiary/aromatic N) is 2. The molecule has 0 aromatic carbocycles. The normalized spacial score (nSPS) is 8.89. The van der Waals surface area contributed by atoms with E-state index in [9.17, 15) is 0 Å². The zero-order valence-electron chi connectivity index (χ0n) is 4.66. The Hall–Kier alpha value is -0.920. The molecule has 0 fully saturated rings. The summed E-state index contributed by atoms with van der Waals surface area (Å²) in [5, 5.41) is 8.79. The third-order valence-corrected chi connectivity index (χ3v) is 1.77. The van der Waals surface area contributed by atoms with Crippen LogP contribution in [0.2, 0.25) is 0 Å². The smallest absolute Gasteiger partial charge is 0.194 e. The van der Waals surface area contributed by atoms with Gasteiger partial charge in [-0.15, -0.1) is 11.3 Å². The zero-order valence-corrected chi connectivity index (χ0v) is 5.48. The number of nitrogens with two attached hydrogens (primary N) is 1. The molecule has 0 spiro atoms. The minimum Gasteiger partial charge on any atom is -0.326 e. The molecule has 0 saturated heterocycles. The van der Waals surface area contributed by atoms with Crippen molar-refractivity contribution < 1.29 is 0 Å². The van der Waals surface area contributed by atoms with Gasteiger partial charge in [0.15, 0.2) is 5.01 Å². The largest absolute Gasteiger partial charge is 0.326 e. The first kappa shape index (κ1) is 6.20. The van der Waals surface area contributed by atoms with E-state index >= 15 is 0 Å². The van der Waals surface area contributed by atoms with Gasteiger partial charge < -0.3 is 5.73 Å². The average Bonchev–Trinajstić information content (AvgIpc) is 2.34. The van der Waals surface area contributed by atoms with Gasteiger partial charge in [-0.2, -0.15) is 5.26 Å². The van der Waals surface area contributed by atoms with E-state index in [0.717, 1.165) is 4.88 Å². The lowest BCUT2D eigenvalue weighted by atomic mass is 10.6. The van der Waals surface area contributed by atoms with Crippen molar-refractivity contribution in [1.29, 1.82) is 5.26 Å². The second kappa shape index (κ2) is 2.58. The predicted molar refractivity (Wildman–Crippen MR) is 34.7 cm³/mol. The van der Waals surface area contributed by atoms with E-state index in [2.05, 4.69) is 4.98 Å². The number of nitriles is 1. The summed E-state index contributed by atoms with van der Waals surface area (Å²) in [7, 11) is 0. The van der Waals surface area contributed by atoms with Gasteiger partial charge >= 0.3 is 0 Å². The Bertz CT molecular complexity index is 235. The van der Waals surface area contributed by atoms with Crippen LogP contribution in [0.25, 0.3) is 0 Å². The first-order valence-corrected chi connectivity index (χ1v) is 3.23. The Labute approximate surface area is 56.8 Å². The Kier molecular flexibility index (Phi) is 1.78. The maximum absolute atomic E-state index is 8.30. The number of thiazole rings is 1. The van der Waals surface area contributed by atoms with Crippen LogP contribution >= 0.6 is 11.3 Å². The molecule has 0 radical (unpaired) electrons. The molecule has 3 nitrogen and oxygen atoms in total. The van der Waals surface area contributed by atoms with Crippen LogP contribution in [0, 0.1) is 11.3 Å². The van der Waals surface area contributed by atoms with E-state index in [-0.39, 0.29) is 0 Å². The van der Waals surface area contributed by atoms with Crippen LogP contribution in [0.3, 0.4) is 0 Å². The average molecular weight is 139 g/mol. The molecule has 46 valence electrons. The molecule has 0 atom stereocenters. The van der Waals surface area contributed by atoms with E-state index in [1.807, 2.05) is 6.07 Å². The van der Waals surface area contributed by atoms with Gasteiger partial charge in [0, 0.05) is 17.6 Å². The highest BCUT2D eigenvalue weighted by atomic mass is 32.1. The van der Waals surface area contributed by atoms with Gasteiger partial charge in [-0.05, 0) is 0 Å². The van der Waals surface area contributed by atoms with Crippen molar-refractivity contribution in [3.63, 3.8) is 0 Å². The monoisotopic (exact) mass is 139 g/mol. The van der Waals surface area contributed by atoms with E-state index in [1.165, 1.54) is 11.3 Å². The van der Waals surface area contributed by atoms with Gasteiger partial charge in [0.1, 0.15) is 6.07 Å². The first-order valence-electron chi connectivity index (χ1n) is 2.41. The summed E-state index contributed by atoms with van der Waals surface area (Å²) in [4.78, 5) is 4.73. The standard InChI is InChI=1S/C5H5N3S/c6-1-4-3-8-5(2-7)9-4/h3H,1,6H2. The van der Waals surface area contributed by atoms with Gasteiger partial charge in [-0.25, -0.2) is 4.98 Å². The molecule has 4 heteroatoms. The molecule has 1 heterocycles. The quantitative estimate of drug-likeness (QED) is 0.615. The zero-order chi connectivity index (χ0) is 6.69. The highest BCUT2D eigenvalue weighted by Gasteiger charge is 1.95. The molecule has 0 aliphatic heterocycles. The van der Waals surface area contributed by atoms with Crippen molar-refractivity contribution in [3.05, 3.63) is 16.1 Å². The molecular weight excluding hydrogens is 134 g/mol. The summed E-state index contributed by atoms with van der Waals surface area (Å²) in [6.45, 7) is 0.472. The Morgan fingerprint density at radius 3 is 3.00 bits per heavy atom. The Morgan fingerprint density at radius 1 is 1.89 bits per heavy atom. The van der Waals surface area contributed by atoms with E-state index in [0.29, 0.717) is 11.6 Å². The van der Waals surface area contributed by atoms with Crippen LogP contribution in [0.5, 0.6) is 0 Å². The molecule has 0 aliphatic carbocycles. The summed E-state index contributed by atoms with van der Waals surface area (Å²) in [5.41, 5.74) is 5.28. The highest BCUT2D eigenvalue weighted by molar-refractivity contribution is 7.12. The highest BCUT2D eigenvalue weighted by Crippen LogP contribution is 2.09. The first-order chi connectivity index (χ1) is 4.36. The summed E-state index contributed by atoms with van der Waals surface area (Å²) < 4.78 is 0. The van der Waals surface area contributed by atoms with Crippen LogP contribution in [0.4, 0.5) is 0 Å². The molecule has 1 aromatic rings. The SMILES string of the molecule is N#Cc1ncc(CN)s1. The lowest BCUT2D eigenvalue weighted by Gasteiger charge is -1.78. The predicted octanol–water partition coefficient (Wildman–Crippen LogP) is 0.473. The van der Waals surface area contributed by atoms with Crippen LogP contribution in [0.15, 0.2) is 6.20 Å². The maximum atomic E-state index is 8.30. The number of hydrogen-bond donors (Lipinski definition) is 1.